The van der Waals surface area contributed by atoms with E-state index in [-0.39, 0.29) is 33.8 Å². The van der Waals surface area contributed by atoms with Crippen molar-refractivity contribution < 1.29 is 49.4 Å². The largest absolute Gasteiger partial charge is 0.461 e. The molecule has 0 saturated carbocycles. The zero-order valence-electron chi connectivity index (χ0n) is 74.5. The van der Waals surface area contributed by atoms with E-state index in [1.165, 1.54) is 38.4 Å². The van der Waals surface area contributed by atoms with Crippen LogP contribution in [0.5, 0.6) is 0 Å². The SMILES string of the molecule is C.C.C.Cc1ccc(-c2nnc(C3CCN(c4nc5c(c(NC6CCOCC6)n4)S(=O)CC5)CC3)o2)cc1.O=S1CCc2nc(N3CCC(c4cc5ccccc5o4)CC3)nc(NC3CCOCC3)c21.O=S1CCc2nc(N3CCC(c4ccc5ccccc5c4)CC3)nc(NC3CCOCC3)c21.O=S1CCc2nc(N3CCC4(CC3)OCc3ccccc34)nc(NC3CCOCC3)c21. The minimum absolute atomic E-state index is 0. The molecule has 13 aliphatic rings. The lowest BCUT2D eigenvalue weighted by Gasteiger charge is -2.39. The third-order valence-corrected chi connectivity index (χ3v) is 34.2. The van der Waals surface area contributed by atoms with Crippen molar-refractivity contribution in [1.29, 1.82) is 0 Å². The number of ether oxygens (including phenoxy) is 5. The van der Waals surface area contributed by atoms with Gasteiger partial charge in [-0.05, 0) is 167 Å². The maximum absolute atomic E-state index is 12.7. The van der Waals surface area contributed by atoms with Gasteiger partial charge < -0.3 is 73.4 Å². The molecular weight excluding hydrogens is 1770 g/mol. The summed E-state index contributed by atoms with van der Waals surface area (Å²) in [5.41, 5.74) is 10.8. The number of aryl methyl sites for hydroxylation is 5. The summed E-state index contributed by atoms with van der Waals surface area (Å²) in [5, 5.41) is 26.7. The van der Waals surface area contributed by atoms with Crippen LogP contribution in [0.15, 0.2) is 150 Å². The van der Waals surface area contributed by atoms with Gasteiger partial charge in [0.1, 0.15) is 54.2 Å². The molecule has 6 aromatic heterocycles. The van der Waals surface area contributed by atoms with Crippen LogP contribution < -0.4 is 40.9 Å². The summed E-state index contributed by atoms with van der Waals surface area (Å²) in [6, 6.07) is 43.8. The molecule has 0 amide bonds. The van der Waals surface area contributed by atoms with Gasteiger partial charge in [0.05, 0.1) is 78.2 Å². The van der Waals surface area contributed by atoms with Gasteiger partial charge in [0.2, 0.25) is 35.6 Å². The van der Waals surface area contributed by atoms with Crippen molar-refractivity contribution >= 4 is 112 Å². The number of anilines is 8. The summed E-state index contributed by atoms with van der Waals surface area (Å²) in [6.07, 6.45) is 18.4. The second-order valence-corrected chi connectivity index (χ2v) is 42.8. The Morgan fingerprint density at radius 1 is 0.373 bits per heavy atom. The molecule has 8 fully saturated rings. The van der Waals surface area contributed by atoms with Crippen molar-refractivity contribution in [2.45, 2.75) is 231 Å². The van der Waals surface area contributed by atoms with Gasteiger partial charge >= 0.3 is 0 Å². The number of benzene rings is 5. The second kappa shape index (κ2) is 42.8. The van der Waals surface area contributed by atoms with Crippen LogP contribution in [-0.2, 0) is 105 Å². The van der Waals surface area contributed by atoms with Gasteiger partial charge in [-0.2, -0.15) is 19.9 Å². The highest BCUT2D eigenvalue weighted by Gasteiger charge is 2.44. The molecule has 4 N–H and O–H groups in total. The first-order valence-electron chi connectivity index (χ1n) is 47.5. The first-order chi connectivity index (χ1) is 64.3. The Labute approximate surface area is 796 Å². The maximum atomic E-state index is 12.7. The molecule has 8 saturated heterocycles. The molecule has 19 heterocycles. The predicted molar refractivity (Wildman–Crippen MR) is 530 cm³/mol. The lowest BCUT2D eigenvalue weighted by Crippen LogP contribution is -2.43. The van der Waals surface area contributed by atoms with Gasteiger partial charge in [0, 0.05) is 201 Å². The van der Waals surface area contributed by atoms with Gasteiger partial charge in [-0.15, -0.1) is 10.2 Å². The number of hydrogen-bond acceptors (Lipinski definition) is 29. The monoisotopic (exact) mass is 1900 g/mol. The Bertz CT molecular complexity index is 5980. The number of piperidine rings is 4. The Morgan fingerprint density at radius 3 is 1.20 bits per heavy atom. The fourth-order valence-corrected chi connectivity index (χ4v) is 25.9. The van der Waals surface area contributed by atoms with E-state index in [9.17, 15) is 16.8 Å². The van der Waals surface area contributed by atoms with Gasteiger partial charge in [-0.3, -0.25) is 16.8 Å². The summed E-state index contributed by atoms with van der Waals surface area (Å²) in [6.45, 7) is 15.8. The predicted octanol–water partition coefficient (Wildman–Crippen LogP) is 16.3. The fraction of sp³-hybridized carbons (Fsp3) is 0.525. The average molecular weight is 1900 g/mol. The number of nitrogens with one attached hydrogen (secondary N) is 4. The van der Waals surface area contributed by atoms with E-state index >= 15 is 0 Å². The van der Waals surface area contributed by atoms with Gasteiger partial charge in [0.25, 0.3) is 0 Å². The molecule has 0 radical (unpaired) electrons. The molecular formula is C101H128N18O11S4. The number of rotatable bonds is 16. The van der Waals surface area contributed by atoms with Crippen molar-refractivity contribution in [1.82, 2.24) is 50.1 Å². The third kappa shape index (κ3) is 20.9. The second-order valence-electron chi connectivity index (χ2n) is 36.7. The van der Waals surface area contributed by atoms with E-state index < -0.39 is 43.2 Å². The van der Waals surface area contributed by atoms with Crippen molar-refractivity contribution in [3.05, 3.63) is 178 Å². The molecule has 24 rings (SSSR count). The maximum Gasteiger partial charge on any atom is 0.247 e. The minimum atomic E-state index is -1.04. The highest BCUT2D eigenvalue weighted by atomic mass is 32.2. The summed E-state index contributed by atoms with van der Waals surface area (Å²) < 4.78 is 91.0. The molecule has 29 nitrogen and oxygen atoms in total. The zero-order valence-corrected chi connectivity index (χ0v) is 77.7. The number of furan rings is 1. The fourth-order valence-electron chi connectivity index (χ4n) is 20.7. The van der Waals surface area contributed by atoms with E-state index in [4.69, 9.17) is 72.4 Å². The molecule has 134 heavy (non-hydrogen) atoms. The first kappa shape index (κ1) is 94.5. The highest BCUT2D eigenvalue weighted by molar-refractivity contribution is 7.86. The number of fused-ring (bicyclic) bond motifs is 8. The molecule has 13 aliphatic heterocycles. The topological polar surface area (TPSA) is 331 Å². The van der Waals surface area contributed by atoms with Crippen LogP contribution in [0.25, 0.3) is 33.2 Å². The van der Waals surface area contributed by atoms with E-state index in [0.717, 1.165) is 340 Å². The Morgan fingerprint density at radius 2 is 0.761 bits per heavy atom. The quantitative estimate of drug-likeness (QED) is 0.0698. The molecule has 5 aromatic carbocycles. The summed E-state index contributed by atoms with van der Waals surface area (Å²) in [4.78, 5) is 51.4. The molecule has 4 atom stereocenters. The van der Waals surface area contributed by atoms with Crippen LogP contribution in [0.2, 0.25) is 0 Å². The normalized spacial score (nSPS) is 22.1. The first-order valence-corrected chi connectivity index (χ1v) is 52.8. The number of aromatic nitrogens is 10. The van der Waals surface area contributed by atoms with Crippen LogP contribution in [0.4, 0.5) is 47.1 Å². The number of nitrogens with zero attached hydrogens (tertiary/aromatic N) is 14. The highest BCUT2D eigenvalue weighted by Crippen LogP contribution is 2.47. The molecule has 712 valence electrons. The van der Waals surface area contributed by atoms with E-state index in [0.29, 0.717) is 77.4 Å². The molecule has 11 aromatic rings. The molecule has 0 aliphatic carbocycles. The van der Waals surface area contributed by atoms with Crippen molar-refractivity contribution in [2.75, 3.05) is 169 Å². The summed E-state index contributed by atoms with van der Waals surface area (Å²) in [5.74, 6) is 12.2. The Kier molecular flexibility index (Phi) is 30.2. The van der Waals surface area contributed by atoms with E-state index in [2.05, 4.69) is 155 Å². The standard InChI is InChI=1S/C26H30N4O2S.C25H30N6O3S.C24H28N4O3S.C23H28N4O3S.3CH4/c31-33-16-11-23-24(33)25(27-22-9-14-32-15-10-22)29-26(28-23)30-12-7-19(8-13-30)21-6-5-18-3-1-2-4-20(18)17-21;1-16-2-4-17(5-3-16)23-29-30-24(34-23)18-6-11-31(12-7-18)25-27-20-10-15-35(32)21(20)22(28-25)26-19-8-13-33-14-9-19;29-32-14-9-19-22(32)23(25-18-7-12-30-13-8-18)27-24(26-19)28-10-5-16(6-11-28)21-15-17-3-1-2-4-20(17)31-21;28-31-14-7-19-20(31)21(24-17-5-12-29-13-6-17)26-22(25-19)27-10-8-23(9-11-27)18-4-2-1-3-16(18)15-30-23;;;/h1-6,17,19,22H,7-16H2,(H,27,28,29);2-5,18-19H,6-15H2,1H3,(H,26,27,28);1-4,15-16,18H,5-14H2,(H,25,26,27);1-4,17H,5-15H2,(H,24,25,26);3*1H4. The van der Waals surface area contributed by atoms with Gasteiger partial charge in [-0.1, -0.05) is 125 Å². The minimum Gasteiger partial charge on any atom is -0.461 e. The molecule has 1 spiro atoms. The summed E-state index contributed by atoms with van der Waals surface area (Å²) >= 11 is 0. The van der Waals surface area contributed by atoms with Crippen molar-refractivity contribution in [3.63, 3.8) is 0 Å². The molecule has 4 unspecified atom stereocenters. The van der Waals surface area contributed by atoms with Crippen LogP contribution in [0, 0.1) is 6.92 Å². The van der Waals surface area contributed by atoms with Crippen LogP contribution in [0.3, 0.4) is 0 Å². The van der Waals surface area contributed by atoms with Crippen LogP contribution in [0.1, 0.15) is 199 Å². The number of para-hydroxylation sites is 1. The van der Waals surface area contributed by atoms with E-state index in [1.807, 2.05) is 24.3 Å². The van der Waals surface area contributed by atoms with Crippen molar-refractivity contribution in [3.8, 4) is 11.5 Å². The smallest absolute Gasteiger partial charge is 0.247 e. The van der Waals surface area contributed by atoms with Crippen LogP contribution in [-0.4, -0.2) is 219 Å². The lowest BCUT2D eigenvalue weighted by molar-refractivity contribution is -0.0552. The third-order valence-electron chi connectivity index (χ3n) is 28.3. The summed E-state index contributed by atoms with van der Waals surface area (Å²) in [7, 11) is -4.07. The number of hydrogen-bond donors (Lipinski definition) is 4. The van der Waals surface area contributed by atoms with E-state index in [1.54, 1.807) is 0 Å². The lowest BCUT2D eigenvalue weighted by atomic mass is 9.84. The van der Waals surface area contributed by atoms with Crippen LogP contribution >= 0.6 is 0 Å². The van der Waals surface area contributed by atoms with Crippen molar-refractivity contribution in [2.24, 2.45) is 0 Å². The Hall–Kier alpha value is -9.84. The molecule has 0 bridgehead atoms. The average Bonchev–Trinajstić information content (AvgIpc) is 1.59. The Balaban J connectivity index is 0.000000119. The molecule has 33 heteroatoms. The van der Waals surface area contributed by atoms with Gasteiger partial charge in [-0.25, -0.2) is 19.9 Å². The zero-order chi connectivity index (χ0) is 88.3. The van der Waals surface area contributed by atoms with Gasteiger partial charge in [0.15, 0.2) is 0 Å².